The minimum absolute atomic E-state index is 0.224. The van der Waals surface area contributed by atoms with Crippen LogP contribution in [0.4, 0.5) is 0 Å². The Balaban J connectivity index is 2.35. The zero-order valence-electron chi connectivity index (χ0n) is 11.4. The minimum Gasteiger partial charge on any atom is -0.306 e. The van der Waals surface area contributed by atoms with E-state index < -0.39 is 0 Å². The molecule has 2 rings (SSSR count). The summed E-state index contributed by atoms with van der Waals surface area (Å²) in [5, 5.41) is 3.61. The standard InChI is InChI=1S/C16H19IN2/c1-3-7-19-16(13-5-4-6-15(17)9-13)14-8-12(2)10-18-11-14/h4-6,8-11,16,19H,3,7H2,1-2H3. The average Bonchev–Trinajstić information content (AvgIpc) is 2.39. The summed E-state index contributed by atoms with van der Waals surface area (Å²) in [4.78, 5) is 4.32. The maximum atomic E-state index is 4.32. The van der Waals surface area contributed by atoms with E-state index in [-0.39, 0.29) is 6.04 Å². The van der Waals surface area contributed by atoms with E-state index in [1.165, 1.54) is 20.3 Å². The van der Waals surface area contributed by atoms with Gasteiger partial charge in [-0.05, 0) is 71.3 Å². The number of hydrogen-bond acceptors (Lipinski definition) is 2. The third-order valence-electron chi connectivity index (χ3n) is 3.01. The van der Waals surface area contributed by atoms with Crippen LogP contribution < -0.4 is 5.32 Å². The molecule has 0 fully saturated rings. The van der Waals surface area contributed by atoms with Crippen LogP contribution in [0, 0.1) is 10.5 Å². The summed E-state index contributed by atoms with van der Waals surface area (Å²) < 4.78 is 1.26. The summed E-state index contributed by atoms with van der Waals surface area (Å²) in [6.45, 7) is 5.28. The maximum absolute atomic E-state index is 4.32. The predicted octanol–water partition coefficient (Wildman–Crippen LogP) is 4.08. The number of nitrogens with one attached hydrogen (secondary N) is 1. The lowest BCUT2D eigenvalue weighted by molar-refractivity contribution is 0.596. The largest absolute Gasteiger partial charge is 0.306 e. The molecule has 0 aliphatic rings. The summed E-state index contributed by atoms with van der Waals surface area (Å²) in [5.74, 6) is 0. The number of pyridine rings is 1. The molecule has 0 radical (unpaired) electrons. The quantitative estimate of drug-likeness (QED) is 0.807. The Hall–Kier alpha value is -0.940. The van der Waals surface area contributed by atoms with Crippen molar-refractivity contribution in [3.05, 3.63) is 63.0 Å². The number of nitrogens with zero attached hydrogens (tertiary/aromatic N) is 1. The molecule has 0 bridgehead atoms. The molecule has 0 amide bonds. The number of aromatic nitrogens is 1. The van der Waals surface area contributed by atoms with Crippen LogP contribution in [0.1, 0.15) is 36.1 Å². The van der Waals surface area contributed by atoms with Crippen molar-refractivity contribution in [1.82, 2.24) is 10.3 Å². The summed E-state index contributed by atoms with van der Waals surface area (Å²) in [6.07, 6.45) is 4.98. The van der Waals surface area contributed by atoms with E-state index in [0.29, 0.717) is 0 Å². The topological polar surface area (TPSA) is 24.9 Å². The van der Waals surface area contributed by atoms with E-state index in [1.807, 2.05) is 12.4 Å². The fourth-order valence-corrected chi connectivity index (χ4v) is 2.71. The summed E-state index contributed by atoms with van der Waals surface area (Å²) in [6, 6.07) is 11.1. The molecule has 0 aliphatic heterocycles. The first kappa shape index (κ1) is 14.5. The van der Waals surface area contributed by atoms with Gasteiger partial charge in [0.15, 0.2) is 0 Å². The van der Waals surface area contributed by atoms with Gasteiger partial charge in [0, 0.05) is 16.0 Å². The molecule has 3 heteroatoms. The van der Waals surface area contributed by atoms with Crippen molar-refractivity contribution in [2.45, 2.75) is 26.3 Å². The van der Waals surface area contributed by atoms with Crippen molar-refractivity contribution >= 4 is 22.6 Å². The molecule has 1 aromatic carbocycles. The molecule has 0 spiro atoms. The number of benzene rings is 1. The van der Waals surface area contributed by atoms with Crippen molar-refractivity contribution < 1.29 is 0 Å². The van der Waals surface area contributed by atoms with Crippen LogP contribution in [0.3, 0.4) is 0 Å². The summed E-state index contributed by atoms with van der Waals surface area (Å²) in [7, 11) is 0. The Kier molecular flexibility index (Phi) is 5.34. The van der Waals surface area contributed by atoms with Gasteiger partial charge in [0.2, 0.25) is 0 Å². The van der Waals surface area contributed by atoms with Crippen LogP contribution in [-0.4, -0.2) is 11.5 Å². The molecular formula is C16H19IN2. The highest BCUT2D eigenvalue weighted by Crippen LogP contribution is 2.23. The van der Waals surface area contributed by atoms with E-state index in [1.54, 1.807) is 0 Å². The molecule has 1 heterocycles. The molecule has 1 N–H and O–H groups in total. The first-order valence-electron chi connectivity index (χ1n) is 6.61. The van der Waals surface area contributed by atoms with E-state index in [9.17, 15) is 0 Å². The fraction of sp³-hybridized carbons (Fsp3) is 0.312. The van der Waals surface area contributed by atoms with Crippen LogP contribution in [0.5, 0.6) is 0 Å². The monoisotopic (exact) mass is 366 g/mol. The highest BCUT2D eigenvalue weighted by atomic mass is 127. The average molecular weight is 366 g/mol. The van der Waals surface area contributed by atoms with Gasteiger partial charge in [-0.1, -0.05) is 25.1 Å². The van der Waals surface area contributed by atoms with Crippen LogP contribution in [0.2, 0.25) is 0 Å². The van der Waals surface area contributed by atoms with Crippen molar-refractivity contribution in [3.63, 3.8) is 0 Å². The van der Waals surface area contributed by atoms with Gasteiger partial charge in [-0.25, -0.2) is 0 Å². The van der Waals surface area contributed by atoms with Gasteiger partial charge in [-0.2, -0.15) is 0 Å². The zero-order chi connectivity index (χ0) is 13.7. The third kappa shape index (κ3) is 4.01. The van der Waals surface area contributed by atoms with Crippen LogP contribution >= 0.6 is 22.6 Å². The Morgan fingerprint density at radius 2 is 2.05 bits per heavy atom. The molecule has 1 unspecified atom stereocenters. The van der Waals surface area contributed by atoms with Gasteiger partial charge in [0.05, 0.1) is 6.04 Å². The number of hydrogen-bond donors (Lipinski definition) is 1. The third-order valence-corrected chi connectivity index (χ3v) is 3.68. The molecular weight excluding hydrogens is 347 g/mol. The fourth-order valence-electron chi connectivity index (χ4n) is 2.14. The molecule has 0 aliphatic carbocycles. The van der Waals surface area contributed by atoms with Crippen LogP contribution in [0.25, 0.3) is 0 Å². The SMILES string of the molecule is CCCNC(c1cncc(C)c1)c1cccc(I)c1. The smallest absolute Gasteiger partial charge is 0.0592 e. The Morgan fingerprint density at radius 3 is 2.74 bits per heavy atom. The predicted molar refractivity (Wildman–Crippen MR) is 88.3 cm³/mol. The lowest BCUT2D eigenvalue weighted by Crippen LogP contribution is -2.23. The minimum atomic E-state index is 0.224. The van der Waals surface area contributed by atoms with Gasteiger partial charge in [0.25, 0.3) is 0 Å². The second kappa shape index (κ2) is 7.01. The first-order chi connectivity index (χ1) is 9.20. The molecule has 2 aromatic rings. The molecule has 19 heavy (non-hydrogen) atoms. The second-order valence-corrected chi connectivity index (χ2v) is 5.98. The molecule has 1 aromatic heterocycles. The Labute approximate surface area is 128 Å². The van der Waals surface area contributed by atoms with Gasteiger partial charge < -0.3 is 5.32 Å². The molecule has 100 valence electrons. The Morgan fingerprint density at radius 1 is 1.21 bits per heavy atom. The van der Waals surface area contributed by atoms with Crippen molar-refractivity contribution in [2.75, 3.05) is 6.54 Å². The lowest BCUT2D eigenvalue weighted by Gasteiger charge is -2.20. The van der Waals surface area contributed by atoms with E-state index in [4.69, 9.17) is 0 Å². The van der Waals surface area contributed by atoms with Gasteiger partial charge in [-0.15, -0.1) is 0 Å². The second-order valence-electron chi connectivity index (χ2n) is 4.74. The number of aryl methyl sites for hydroxylation is 1. The zero-order valence-corrected chi connectivity index (χ0v) is 13.5. The molecule has 1 atom stereocenters. The van der Waals surface area contributed by atoms with Crippen molar-refractivity contribution in [3.8, 4) is 0 Å². The number of halogens is 1. The van der Waals surface area contributed by atoms with E-state index >= 15 is 0 Å². The molecule has 2 nitrogen and oxygen atoms in total. The first-order valence-corrected chi connectivity index (χ1v) is 7.69. The van der Waals surface area contributed by atoms with Crippen LogP contribution in [-0.2, 0) is 0 Å². The van der Waals surface area contributed by atoms with Gasteiger partial charge in [0.1, 0.15) is 0 Å². The normalized spacial score (nSPS) is 12.4. The van der Waals surface area contributed by atoms with Crippen molar-refractivity contribution in [2.24, 2.45) is 0 Å². The summed E-state index contributed by atoms with van der Waals surface area (Å²) in [5.41, 5.74) is 3.73. The highest BCUT2D eigenvalue weighted by molar-refractivity contribution is 14.1. The van der Waals surface area contributed by atoms with E-state index in [2.05, 4.69) is 77.1 Å². The van der Waals surface area contributed by atoms with Crippen molar-refractivity contribution in [1.29, 1.82) is 0 Å². The maximum Gasteiger partial charge on any atom is 0.0592 e. The highest BCUT2D eigenvalue weighted by Gasteiger charge is 2.13. The lowest BCUT2D eigenvalue weighted by atomic mass is 9.99. The number of rotatable bonds is 5. The van der Waals surface area contributed by atoms with Gasteiger partial charge in [-0.3, -0.25) is 4.98 Å². The molecule has 0 saturated heterocycles. The molecule has 0 saturated carbocycles. The van der Waals surface area contributed by atoms with Gasteiger partial charge >= 0.3 is 0 Å². The Bertz CT molecular complexity index is 494. The van der Waals surface area contributed by atoms with Crippen LogP contribution in [0.15, 0.2) is 42.7 Å². The van der Waals surface area contributed by atoms with E-state index in [0.717, 1.165) is 13.0 Å². The summed E-state index contributed by atoms with van der Waals surface area (Å²) >= 11 is 2.36.